The predicted molar refractivity (Wildman–Crippen MR) is 58.0 cm³/mol. The van der Waals surface area contributed by atoms with Crippen LogP contribution in [0.25, 0.3) is 0 Å². The van der Waals surface area contributed by atoms with Crippen LogP contribution >= 0.6 is 0 Å². The summed E-state index contributed by atoms with van der Waals surface area (Å²) in [5.74, 6) is 0.610. The molecule has 0 aliphatic heterocycles. The highest BCUT2D eigenvalue weighted by atomic mass is 16.5. The molecular weight excluding hydrogens is 162 g/mol. The molecule has 2 unspecified atom stereocenters. The van der Waals surface area contributed by atoms with E-state index < -0.39 is 0 Å². The van der Waals surface area contributed by atoms with Crippen LogP contribution < -0.4 is 5.32 Å². The largest absolute Gasteiger partial charge is 0.377 e. The molecule has 80 valence electrons. The molecule has 0 fully saturated rings. The quantitative estimate of drug-likeness (QED) is 0.661. The molecule has 2 nitrogen and oxygen atoms in total. The average Bonchev–Trinajstić information content (AvgIpc) is 2.11. The van der Waals surface area contributed by atoms with Crippen LogP contribution in [-0.4, -0.2) is 25.8 Å². The summed E-state index contributed by atoms with van der Waals surface area (Å²) in [5.41, 5.74) is 0. The summed E-state index contributed by atoms with van der Waals surface area (Å²) in [7, 11) is 2.00. The lowest BCUT2D eigenvalue weighted by atomic mass is 10.1. The zero-order valence-electron chi connectivity index (χ0n) is 9.76. The molecule has 0 aliphatic carbocycles. The van der Waals surface area contributed by atoms with Crippen molar-refractivity contribution in [2.75, 3.05) is 13.7 Å². The molecule has 2 heteroatoms. The summed E-state index contributed by atoms with van der Waals surface area (Å²) >= 11 is 0. The fourth-order valence-electron chi connectivity index (χ4n) is 1.12. The van der Waals surface area contributed by atoms with E-state index in [9.17, 15) is 0 Å². The molecule has 0 radical (unpaired) electrons. The van der Waals surface area contributed by atoms with E-state index in [0.717, 1.165) is 6.61 Å². The first-order valence-electron chi connectivity index (χ1n) is 5.40. The van der Waals surface area contributed by atoms with E-state index in [0.29, 0.717) is 18.1 Å². The van der Waals surface area contributed by atoms with E-state index in [1.54, 1.807) is 0 Å². The van der Waals surface area contributed by atoms with Crippen molar-refractivity contribution >= 4 is 0 Å². The van der Waals surface area contributed by atoms with Gasteiger partial charge in [-0.15, -0.1) is 0 Å². The van der Waals surface area contributed by atoms with Crippen molar-refractivity contribution in [2.45, 2.75) is 52.7 Å². The smallest absolute Gasteiger partial charge is 0.0623 e. The average molecular weight is 187 g/mol. The standard InChI is InChI=1S/C11H25NO/c1-6-7-11(12-5)8-13-10(4)9(2)3/h9-12H,6-8H2,1-5H3. The van der Waals surface area contributed by atoms with Crippen LogP contribution in [0.15, 0.2) is 0 Å². The van der Waals surface area contributed by atoms with Crippen molar-refractivity contribution < 1.29 is 4.74 Å². The molecule has 0 heterocycles. The van der Waals surface area contributed by atoms with Crippen LogP contribution in [0.1, 0.15) is 40.5 Å². The minimum Gasteiger partial charge on any atom is -0.377 e. The van der Waals surface area contributed by atoms with E-state index in [1.807, 2.05) is 7.05 Å². The normalized spacial score (nSPS) is 16.2. The molecule has 0 aliphatic rings. The Bertz CT molecular complexity index is 115. The van der Waals surface area contributed by atoms with Crippen LogP contribution in [0.2, 0.25) is 0 Å². The van der Waals surface area contributed by atoms with E-state index in [4.69, 9.17) is 4.74 Å². The number of ether oxygens (including phenoxy) is 1. The van der Waals surface area contributed by atoms with Crippen molar-refractivity contribution in [3.8, 4) is 0 Å². The molecule has 1 N–H and O–H groups in total. The zero-order chi connectivity index (χ0) is 10.3. The summed E-state index contributed by atoms with van der Waals surface area (Å²) in [6, 6.07) is 0.520. The summed E-state index contributed by atoms with van der Waals surface area (Å²) < 4.78 is 5.75. The first-order valence-corrected chi connectivity index (χ1v) is 5.40. The lowest BCUT2D eigenvalue weighted by Crippen LogP contribution is -2.32. The maximum atomic E-state index is 5.75. The van der Waals surface area contributed by atoms with Gasteiger partial charge in [0.05, 0.1) is 12.7 Å². The van der Waals surface area contributed by atoms with Gasteiger partial charge >= 0.3 is 0 Å². The third-order valence-electron chi connectivity index (χ3n) is 2.54. The van der Waals surface area contributed by atoms with Crippen molar-refractivity contribution in [3.63, 3.8) is 0 Å². The highest BCUT2D eigenvalue weighted by Gasteiger charge is 2.10. The van der Waals surface area contributed by atoms with Gasteiger partial charge in [-0.1, -0.05) is 27.2 Å². The molecule has 0 bridgehead atoms. The molecule has 0 aromatic rings. The van der Waals surface area contributed by atoms with Crippen LogP contribution in [0.5, 0.6) is 0 Å². The Morgan fingerprint density at radius 1 is 1.23 bits per heavy atom. The fourth-order valence-corrected chi connectivity index (χ4v) is 1.12. The zero-order valence-corrected chi connectivity index (χ0v) is 9.76. The lowest BCUT2D eigenvalue weighted by molar-refractivity contribution is 0.0219. The summed E-state index contributed by atoms with van der Waals surface area (Å²) in [6.45, 7) is 9.57. The van der Waals surface area contributed by atoms with E-state index in [-0.39, 0.29) is 0 Å². The van der Waals surface area contributed by atoms with Crippen LogP contribution in [0, 0.1) is 5.92 Å². The molecular formula is C11H25NO. The minimum absolute atomic E-state index is 0.368. The number of rotatable bonds is 7. The maximum Gasteiger partial charge on any atom is 0.0623 e. The summed E-state index contributed by atoms with van der Waals surface area (Å²) in [4.78, 5) is 0. The highest BCUT2D eigenvalue weighted by molar-refractivity contribution is 4.64. The molecule has 0 saturated carbocycles. The van der Waals surface area contributed by atoms with E-state index in [2.05, 4.69) is 33.0 Å². The second kappa shape index (κ2) is 7.34. The van der Waals surface area contributed by atoms with Gasteiger partial charge in [0, 0.05) is 6.04 Å². The second-order valence-corrected chi connectivity index (χ2v) is 4.06. The Kier molecular flexibility index (Phi) is 7.29. The molecule has 13 heavy (non-hydrogen) atoms. The van der Waals surface area contributed by atoms with Gasteiger partial charge < -0.3 is 10.1 Å². The predicted octanol–water partition coefficient (Wildman–Crippen LogP) is 2.44. The first-order chi connectivity index (χ1) is 6.11. The number of likely N-dealkylation sites (N-methyl/N-ethyl adjacent to an activating group) is 1. The second-order valence-electron chi connectivity index (χ2n) is 4.06. The summed E-state index contributed by atoms with van der Waals surface area (Å²) in [5, 5.41) is 3.27. The molecule has 0 saturated heterocycles. The Morgan fingerprint density at radius 2 is 1.85 bits per heavy atom. The number of nitrogens with one attached hydrogen (secondary N) is 1. The maximum absolute atomic E-state index is 5.75. The van der Waals surface area contributed by atoms with Gasteiger partial charge in [0.15, 0.2) is 0 Å². The minimum atomic E-state index is 0.368. The molecule has 0 aromatic heterocycles. The van der Waals surface area contributed by atoms with Crippen LogP contribution in [0.3, 0.4) is 0 Å². The Hall–Kier alpha value is -0.0800. The molecule has 2 atom stereocenters. The third-order valence-corrected chi connectivity index (χ3v) is 2.54. The van der Waals surface area contributed by atoms with E-state index >= 15 is 0 Å². The van der Waals surface area contributed by atoms with Gasteiger partial charge in [-0.25, -0.2) is 0 Å². The van der Waals surface area contributed by atoms with Gasteiger partial charge in [-0.3, -0.25) is 0 Å². The molecule has 0 rings (SSSR count). The van der Waals surface area contributed by atoms with Gasteiger partial charge in [0.25, 0.3) is 0 Å². The van der Waals surface area contributed by atoms with Crippen molar-refractivity contribution in [2.24, 2.45) is 5.92 Å². The number of hydrogen-bond acceptors (Lipinski definition) is 2. The molecule has 0 aromatic carbocycles. The van der Waals surface area contributed by atoms with Crippen LogP contribution in [0.4, 0.5) is 0 Å². The highest BCUT2D eigenvalue weighted by Crippen LogP contribution is 2.06. The van der Waals surface area contributed by atoms with Crippen molar-refractivity contribution in [3.05, 3.63) is 0 Å². The Labute approximate surface area is 83.1 Å². The van der Waals surface area contributed by atoms with Crippen molar-refractivity contribution in [1.29, 1.82) is 0 Å². The van der Waals surface area contributed by atoms with Crippen molar-refractivity contribution in [1.82, 2.24) is 5.32 Å². The van der Waals surface area contributed by atoms with Gasteiger partial charge in [-0.05, 0) is 26.3 Å². The Balaban J connectivity index is 3.58. The third kappa shape index (κ3) is 6.05. The number of hydrogen-bond donors (Lipinski definition) is 1. The van der Waals surface area contributed by atoms with E-state index in [1.165, 1.54) is 12.8 Å². The van der Waals surface area contributed by atoms with Gasteiger partial charge in [0.2, 0.25) is 0 Å². The van der Waals surface area contributed by atoms with Gasteiger partial charge in [-0.2, -0.15) is 0 Å². The lowest BCUT2D eigenvalue weighted by Gasteiger charge is -2.21. The fraction of sp³-hybridized carbons (Fsp3) is 1.00. The van der Waals surface area contributed by atoms with Crippen LogP contribution in [-0.2, 0) is 4.74 Å². The Morgan fingerprint density at radius 3 is 2.23 bits per heavy atom. The molecule has 0 amide bonds. The summed E-state index contributed by atoms with van der Waals surface area (Å²) in [6.07, 6.45) is 2.78. The molecule has 0 spiro atoms. The SMILES string of the molecule is CCCC(COC(C)C(C)C)NC. The monoisotopic (exact) mass is 187 g/mol. The first kappa shape index (κ1) is 12.9. The van der Waals surface area contributed by atoms with Gasteiger partial charge in [0.1, 0.15) is 0 Å². The topological polar surface area (TPSA) is 21.3 Å².